The molecule has 0 aliphatic rings. The Morgan fingerprint density at radius 3 is 2.07 bits per heavy atom. The molecule has 0 radical (unpaired) electrons. The molecule has 0 spiro atoms. The van der Waals surface area contributed by atoms with Gasteiger partial charge in [-0.25, -0.2) is 0 Å². The molecule has 4 atom stereocenters. The number of rotatable bonds is 15. The van der Waals surface area contributed by atoms with Gasteiger partial charge in [0.15, 0.2) is 0 Å². The van der Waals surface area contributed by atoms with Gasteiger partial charge < -0.3 is 27.0 Å². The molecule has 11 nitrogen and oxygen atoms in total. The first-order valence-corrected chi connectivity index (χ1v) is 14.5. The highest BCUT2D eigenvalue weighted by Crippen LogP contribution is 2.17. The summed E-state index contributed by atoms with van der Waals surface area (Å²) in [4.78, 5) is 75.6. The fourth-order valence-electron chi connectivity index (χ4n) is 4.58. The Hall–Kier alpha value is -5.06. The maximum Gasteiger partial charge on any atom is 0.290 e. The topological polar surface area (TPSA) is 177 Å². The van der Waals surface area contributed by atoms with Crippen LogP contribution in [-0.2, 0) is 41.6 Å². The average molecular weight is 602 g/mol. The number of nitrogens with two attached hydrogens (primary N) is 1. The van der Waals surface area contributed by atoms with Gasteiger partial charge >= 0.3 is 0 Å². The normalized spacial score (nSPS) is 13.5. The zero-order chi connectivity index (χ0) is 32.2. The molecule has 44 heavy (non-hydrogen) atoms. The number of carbonyl (C=O) groups excluding carboxylic acids is 6. The number of hydrogen-bond acceptors (Lipinski definition) is 6. The molecule has 11 heteroatoms. The van der Waals surface area contributed by atoms with Crippen molar-refractivity contribution in [2.24, 2.45) is 11.7 Å². The van der Waals surface area contributed by atoms with E-state index < -0.39 is 60.0 Å². The van der Waals surface area contributed by atoms with Crippen LogP contribution in [0.25, 0.3) is 10.8 Å². The Morgan fingerprint density at radius 1 is 0.750 bits per heavy atom. The molecule has 0 saturated heterocycles. The zero-order valence-electron chi connectivity index (χ0n) is 25.1. The molecule has 0 aliphatic carbocycles. The number of benzene rings is 3. The second-order valence-corrected chi connectivity index (χ2v) is 10.8. The molecule has 0 heterocycles. The predicted octanol–water partition coefficient (Wildman–Crippen LogP) is 1.32. The van der Waals surface area contributed by atoms with Gasteiger partial charge in [0.1, 0.15) is 12.1 Å². The molecule has 232 valence electrons. The predicted molar refractivity (Wildman–Crippen MR) is 166 cm³/mol. The van der Waals surface area contributed by atoms with Crippen molar-refractivity contribution in [3.8, 4) is 0 Å². The molecule has 0 aromatic heterocycles. The highest BCUT2D eigenvalue weighted by Gasteiger charge is 2.32. The summed E-state index contributed by atoms with van der Waals surface area (Å²) in [6, 6.07) is 19.2. The summed E-state index contributed by atoms with van der Waals surface area (Å²) in [6.45, 7) is 4.39. The third kappa shape index (κ3) is 9.75. The van der Waals surface area contributed by atoms with Crippen LogP contribution >= 0.6 is 0 Å². The molecule has 0 fully saturated rings. The van der Waals surface area contributed by atoms with E-state index in [0.29, 0.717) is 6.42 Å². The van der Waals surface area contributed by atoms with Crippen molar-refractivity contribution in [1.29, 1.82) is 0 Å². The van der Waals surface area contributed by atoms with Crippen LogP contribution in [0, 0.1) is 5.92 Å². The standard InChI is InChI=1S/C33H39N5O6/c1-4-20(2)29(38-32(43)21(3)36-27(39)18-22-10-6-5-7-11-22)30(41)33(44)35-19-28(40)37-26(31(34)42)17-23-14-15-24-12-8-9-13-25(24)16-23/h5-16,20-21,26,29H,4,17-19H2,1-3H3,(H2,34,42)(H,35,44)(H,36,39)(H,37,40)(H,38,43)/t20-,21?,26-,29?/m0/s1. The molecule has 5 amide bonds. The molecule has 0 bridgehead atoms. The Bertz CT molecular complexity index is 1510. The van der Waals surface area contributed by atoms with Crippen LogP contribution in [0.5, 0.6) is 0 Å². The highest BCUT2D eigenvalue weighted by molar-refractivity contribution is 6.38. The first kappa shape index (κ1) is 33.4. The van der Waals surface area contributed by atoms with Gasteiger partial charge in [0.05, 0.1) is 19.0 Å². The first-order valence-electron chi connectivity index (χ1n) is 14.5. The molecule has 0 aliphatic heterocycles. The molecule has 2 unspecified atom stereocenters. The molecule has 3 rings (SSSR count). The van der Waals surface area contributed by atoms with E-state index in [0.717, 1.165) is 21.9 Å². The molecular formula is C33H39N5O6. The highest BCUT2D eigenvalue weighted by atomic mass is 16.2. The van der Waals surface area contributed by atoms with E-state index in [9.17, 15) is 28.8 Å². The maximum absolute atomic E-state index is 13.0. The smallest absolute Gasteiger partial charge is 0.290 e. The third-order valence-electron chi connectivity index (χ3n) is 7.34. The minimum atomic E-state index is -1.18. The van der Waals surface area contributed by atoms with Gasteiger partial charge in [0.2, 0.25) is 29.4 Å². The van der Waals surface area contributed by atoms with Gasteiger partial charge in [0.25, 0.3) is 5.91 Å². The van der Waals surface area contributed by atoms with E-state index in [4.69, 9.17) is 5.73 Å². The number of carbonyl (C=O) groups is 6. The maximum atomic E-state index is 13.0. The van der Waals surface area contributed by atoms with Gasteiger partial charge in [0, 0.05) is 6.42 Å². The quantitative estimate of drug-likeness (QED) is 0.164. The van der Waals surface area contributed by atoms with Gasteiger partial charge in [-0.05, 0) is 34.7 Å². The Kier molecular flexibility index (Phi) is 12.1. The summed E-state index contributed by atoms with van der Waals surface area (Å²) in [7, 11) is 0. The Balaban J connectivity index is 1.54. The van der Waals surface area contributed by atoms with Crippen molar-refractivity contribution in [3.63, 3.8) is 0 Å². The lowest BCUT2D eigenvalue weighted by Crippen LogP contribution is -2.56. The van der Waals surface area contributed by atoms with Gasteiger partial charge in [-0.3, -0.25) is 28.8 Å². The summed E-state index contributed by atoms with van der Waals surface area (Å²) < 4.78 is 0. The van der Waals surface area contributed by atoms with Crippen LogP contribution in [0.4, 0.5) is 0 Å². The van der Waals surface area contributed by atoms with Crippen molar-refractivity contribution in [3.05, 3.63) is 83.9 Å². The second kappa shape index (κ2) is 16.0. The van der Waals surface area contributed by atoms with Crippen LogP contribution in [0.15, 0.2) is 72.8 Å². The SMILES string of the molecule is CC[C@H](C)C(NC(=O)C(C)NC(=O)Cc1ccccc1)C(=O)C(=O)NCC(=O)N[C@@H](Cc1ccc2ccccc2c1)C(N)=O. The van der Waals surface area contributed by atoms with E-state index in [1.54, 1.807) is 38.1 Å². The van der Waals surface area contributed by atoms with Crippen molar-refractivity contribution >= 4 is 46.1 Å². The Morgan fingerprint density at radius 2 is 1.41 bits per heavy atom. The third-order valence-corrected chi connectivity index (χ3v) is 7.34. The number of ketones is 1. The fourth-order valence-corrected chi connectivity index (χ4v) is 4.58. The van der Waals surface area contributed by atoms with Crippen LogP contribution in [0.3, 0.4) is 0 Å². The summed E-state index contributed by atoms with van der Waals surface area (Å²) >= 11 is 0. The molecular weight excluding hydrogens is 562 g/mol. The molecule has 3 aromatic carbocycles. The largest absolute Gasteiger partial charge is 0.368 e. The number of hydrogen-bond donors (Lipinski definition) is 5. The van der Waals surface area contributed by atoms with E-state index >= 15 is 0 Å². The van der Waals surface area contributed by atoms with Gasteiger partial charge in [-0.2, -0.15) is 0 Å². The number of Topliss-reactive ketones (excluding diaryl/α,β-unsaturated/α-hetero) is 1. The van der Waals surface area contributed by atoms with E-state index in [-0.39, 0.29) is 18.7 Å². The summed E-state index contributed by atoms with van der Waals surface area (Å²) in [5.41, 5.74) is 7.08. The second-order valence-electron chi connectivity index (χ2n) is 10.8. The number of fused-ring (bicyclic) bond motifs is 1. The summed E-state index contributed by atoms with van der Waals surface area (Å²) in [5.74, 6) is -4.90. The lowest BCUT2D eigenvalue weighted by molar-refractivity contribution is -0.141. The lowest BCUT2D eigenvalue weighted by Gasteiger charge is -2.24. The molecule has 6 N–H and O–H groups in total. The zero-order valence-corrected chi connectivity index (χ0v) is 25.1. The fraction of sp³-hybridized carbons (Fsp3) is 0.333. The van der Waals surface area contributed by atoms with E-state index in [1.807, 2.05) is 48.5 Å². The summed E-state index contributed by atoms with van der Waals surface area (Å²) in [5, 5.41) is 11.9. The average Bonchev–Trinajstić information content (AvgIpc) is 3.01. The van der Waals surface area contributed by atoms with E-state index in [1.165, 1.54) is 6.92 Å². The molecule has 3 aromatic rings. The lowest BCUT2D eigenvalue weighted by atomic mass is 9.94. The number of nitrogens with one attached hydrogen (secondary N) is 4. The van der Waals surface area contributed by atoms with Crippen molar-refractivity contribution in [2.45, 2.75) is 58.2 Å². The molecule has 0 saturated carbocycles. The Labute approximate surface area is 256 Å². The van der Waals surface area contributed by atoms with Gasteiger partial charge in [-0.15, -0.1) is 0 Å². The first-order chi connectivity index (χ1) is 21.0. The van der Waals surface area contributed by atoms with E-state index in [2.05, 4.69) is 21.3 Å². The minimum absolute atomic E-state index is 0.0789. The monoisotopic (exact) mass is 601 g/mol. The van der Waals surface area contributed by atoms with Crippen molar-refractivity contribution < 1.29 is 28.8 Å². The minimum Gasteiger partial charge on any atom is -0.368 e. The van der Waals surface area contributed by atoms with Crippen LogP contribution in [0.2, 0.25) is 0 Å². The summed E-state index contributed by atoms with van der Waals surface area (Å²) in [6.07, 6.45) is 0.685. The van der Waals surface area contributed by atoms with Crippen molar-refractivity contribution in [1.82, 2.24) is 21.3 Å². The number of primary amides is 1. The van der Waals surface area contributed by atoms with Crippen molar-refractivity contribution in [2.75, 3.05) is 6.54 Å². The van der Waals surface area contributed by atoms with Gasteiger partial charge in [-0.1, -0.05) is 93.1 Å². The van der Waals surface area contributed by atoms with Crippen LogP contribution in [-0.4, -0.2) is 60.0 Å². The van der Waals surface area contributed by atoms with Crippen LogP contribution < -0.4 is 27.0 Å². The van der Waals surface area contributed by atoms with Crippen LogP contribution in [0.1, 0.15) is 38.3 Å². The number of amides is 5.